The van der Waals surface area contributed by atoms with Gasteiger partial charge in [0.15, 0.2) is 0 Å². The summed E-state index contributed by atoms with van der Waals surface area (Å²) in [5.41, 5.74) is 4.19. The zero-order valence-corrected chi connectivity index (χ0v) is 15.7. The highest BCUT2D eigenvalue weighted by atomic mass is 16.2. The molecule has 0 spiro atoms. The highest BCUT2D eigenvalue weighted by Crippen LogP contribution is 2.22. The van der Waals surface area contributed by atoms with Crippen LogP contribution < -0.4 is 4.90 Å². The predicted molar refractivity (Wildman–Crippen MR) is 101 cm³/mol. The van der Waals surface area contributed by atoms with E-state index in [0.29, 0.717) is 5.92 Å². The van der Waals surface area contributed by atoms with Crippen molar-refractivity contribution in [3.63, 3.8) is 0 Å². The van der Waals surface area contributed by atoms with Gasteiger partial charge in [-0.05, 0) is 62.9 Å². The van der Waals surface area contributed by atoms with Gasteiger partial charge >= 0.3 is 0 Å². The van der Waals surface area contributed by atoms with Crippen LogP contribution in [0.3, 0.4) is 0 Å². The number of piperidine rings is 1. The van der Waals surface area contributed by atoms with Crippen LogP contribution in [0.25, 0.3) is 0 Å². The average molecular weight is 340 g/mol. The summed E-state index contributed by atoms with van der Waals surface area (Å²) >= 11 is 0. The molecule has 0 atom stereocenters. The van der Waals surface area contributed by atoms with E-state index in [1.807, 2.05) is 55.1 Å². The molecule has 0 bridgehead atoms. The van der Waals surface area contributed by atoms with E-state index in [-0.39, 0.29) is 5.91 Å². The Morgan fingerprint density at radius 1 is 1.16 bits per heavy atom. The van der Waals surface area contributed by atoms with Crippen molar-refractivity contribution in [2.24, 2.45) is 5.92 Å². The van der Waals surface area contributed by atoms with Gasteiger partial charge in [0, 0.05) is 50.7 Å². The first-order valence-electron chi connectivity index (χ1n) is 9.02. The van der Waals surface area contributed by atoms with E-state index >= 15 is 0 Å². The molecular formula is C20H28N4O. The normalized spacial score (nSPS) is 15.4. The smallest absolute Gasteiger partial charge is 0.253 e. The second-order valence-corrected chi connectivity index (χ2v) is 7.29. The van der Waals surface area contributed by atoms with E-state index in [1.54, 1.807) is 0 Å². The van der Waals surface area contributed by atoms with Crippen LogP contribution in [0.5, 0.6) is 0 Å². The molecule has 134 valence electrons. The molecule has 3 rings (SSSR count). The van der Waals surface area contributed by atoms with Crippen molar-refractivity contribution in [1.29, 1.82) is 0 Å². The number of hydrogen-bond acceptors (Lipinski definition) is 3. The Kier molecular flexibility index (Phi) is 5.11. The van der Waals surface area contributed by atoms with Crippen molar-refractivity contribution in [3.8, 4) is 0 Å². The molecular weight excluding hydrogens is 312 g/mol. The second-order valence-electron chi connectivity index (χ2n) is 7.29. The number of hydrogen-bond donors (Lipinski definition) is 0. The molecule has 0 radical (unpaired) electrons. The van der Waals surface area contributed by atoms with Crippen LogP contribution in [0.4, 0.5) is 5.69 Å². The van der Waals surface area contributed by atoms with E-state index < -0.39 is 0 Å². The van der Waals surface area contributed by atoms with Gasteiger partial charge < -0.3 is 9.80 Å². The Balaban J connectivity index is 1.56. The molecule has 0 saturated carbocycles. The number of aromatic nitrogens is 2. The summed E-state index contributed by atoms with van der Waals surface area (Å²) in [4.78, 5) is 16.7. The third-order valence-corrected chi connectivity index (χ3v) is 5.07. The topological polar surface area (TPSA) is 41.4 Å². The lowest BCUT2D eigenvalue weighted by Crippen LogP contribution is -2.39. The van der Waals surface area contributed by atoms with E-state index in [0.717, 1.165) is 49.4 Å². The standard InChI is InChI=1S/C20H28N4O/c1-15-13-16(2)24(21-15)14-17-9-11-23(12-10-17)20(25)18-5-7-19(8-6-18)22(3)4/h5-8,13,17H,9-12,14H2,1-4H3. The van der Waals surface area contributed by atoms with Crippen LogP contribution in [-0.2, 0) is 6.54 Å². The summed E-state index contributed by atoms with van der Waals surface area (Å²) < 4.78 is 2.11. The largest absolute Gasteiger partial charge is 0.378 e. The first kappa shape index (κ1) is 17.5. The molecule has 1 saturated heterocycles. The maximum Gasteiger partial charge on any atom is 0.253 e. The van der Waals surface area contributed by atoms with Crippen molar-refractivity contribution >= 4 is 11.6 Å². The molecule has 5 nitrogen and oxygen atoms in total. The fourth-order valence-corrected chi connectivity index (χ4v) is 3.51. The molecule has 0 aliphatic carbocycles. The number of amides is 1. The molecule has 1 aromatic carbocycles. The van der Waals surface area contributed by atoms with Crippen LogP contribution in [0.15, 0.2) is 30.3 Å². The number of carbonyl (C=O) groups is 1. The lowest BCUT2D eigenvalue weighted by Gasteiger charge is -2.32. The van der Waals surface area contributed by atoms with Crippen LogP contribution in [0.2, 0.25) is 0 Å². The monoisotopic (exact) mass is 340 g/mol. The van der Waals surface area contributed by atoms with Gasteiger partial charge in [-0.1, -0.05) is 0 Å². The second kappa shape index (κ2) is 7.30. The Hall–Kier alpha value is -2.30. The zero-order chi connectivity index (χ0) is 18.0. The van der Waals surface area contributed by atoms with Gasteiger partial charge in [-0.2, -0.15) is 5.10 Å². The SMILES string of the molecule is Cc1cc(C)n(CC2CCN(C(=O)c3ccc(N(C)C)cc3)CC2)n1. The minimum atomic E-state index is 0.148. The highest BCUT2D eigenvalue weighted by molar-refractivity contribution is 5.94. The van der Waals surface area contributed by atoms with Gasteiger partial charge in [-0.15, -0.1) is 0 Å². The van der Waals surface area contributed by atoms with Crippen LogP contribution in [-0.4, -0.2) is 47.8 Å². The molecule has 0 N–H and O–H groups in total. The Labute approximate surface area is 150 Å². The number of aryl methyl sites for hydroxylation is 2. The molecule has 25 heavy (non-hydrogen) atoms. The molecule has 1 aliphatic rings. The van der Waals surface area contributed by atoms with Crippen LogP contribution >= 0.6 is 0 Å². The van der Waals surface area contributed by atoms with Crippen LogP contribution in [0, 0.1) is 19.8 Å². The maximum absolute atomic E-state index is 12.7. The Morgan fingerprint density at radius 2 is 1.80 bits per heavy atom. The maximum atomic E-state index is 12.7. The number of rotatable bonds is 4. The lowest BCUT2D eigenvalue weighted by molar-refractivity contribution is 0.0681. The van der Waals surface area contributed by atoms with E-state index in [9.17, 15) is 4.79 Å². The highest BCUT2D eigenvalue weighted by Gasteiger charge is 2.24. The van der Waals surface area contributed by atoms with Crippen molar-refractivity contribution < 1.29 is 4.79 Å². The number of likely N-dealkylation sites (tertiary alicyclic amines) is 1. The molecule has 5 heteroatoms. The Bertz CT molecular complexity index is 725. The van der Waals surface area contributed by atoms with E-state index in [1.165, 1.54) is 5.69 Å². The van der Waals surface area contributed by atoms with E-state index in [2.05, 4.69) is 22.8 Å². The molecule has 1 aromatic heterocycles. The van der Waals surface area contributed by atoms with Gasteiger partial charge in [0.05, 0.1) is 5.69 Å². The van der Waals surface area contributed by atoms with Crippen LogP contribution in [0.1, 0.15) is 34.6 Å². The summed E-state index contributed by atoms with van der Waals surface area (Å²) in [7, 11) is 4.01. The summed E-state index contributed by atoms with van der Waals surface area (Å²) in [6, 6.07) is 9.99. The number of nitrogens with zero attached hydrogens (tertiary/aromatic N) is 4. The molecule has 2 heterocycles. The molecule has 1 aliphatic heterocycles. The quantitative estimate of drug-likeness (QED) is 0.859. The fraction of sp³-hybridized carbons (Fsp3) is 0.500. The minimum absolute atomic E-state index is 0.148. The van der Waals surface area contributed by atoms with Gasteiger partial charge in [-0.3, -0.25) is 9.48 Å². The van der Waals surface area contributed by atoms with Gasteiger partial charge in [0.1, 0.15) is 0 Å². The van der Waals surface area contributed by atoms with Gasteiger partial charge in [-0.25, -0.2) is 0 Å². The summed E-state index contributed by atoms with van der Waals surface area (Å²) in [5, 5.41) is 4.56. The van der Waals surface area contributed by atoms with Crippen molar-refractivity contribution in [2.75, 3.05) is 32.1 Å². The molecule has 1 amide bonds. The zero-order valence-electron chi connectivity index (χ0n) is 15.7. The number of benzene rings is 1. The third-order valence-electron chi connectivity index (χ3n) is 5.07. The molecule has 2 aromatic rings. The number of anilines is 1. The third kappa shape index (κ3) is 4.03. The minimum Gasteiger partial charge on any atom is -0.378 e. The van der Waals surface area contributed by atoms with E-state index in [4.69, 9.17) is 0 Å². The molecule has 1 fully saturated rings. The first-order valence-corrected chi connectivity index (χ1v) is 9.02. The van der Waals surface area contributed by atoms with Gasteiger partial charge in [0.2, 0.25) is 0 Å². The molecule has 0 unspecified atom stereocenters. The summed E-state index contributed by atoms with van der Waals surface area (Å²) in [5.74, 6) is 0.744. The predicted octanol–water partition coefficient (Wildman–Crippen LogP) is 3.12. The summed E-state index contributed by atoms with van der Waals surface area (Å²) in [6.45, 7) is 6.76. The Morgan fingerprint density at radius 3 is 2.32 bits per heavy atom. The van der Waals surface area contributed by atoms with Crippen molar-refractivity contribution in [1.82, 2.24) is 14.7 Å². The first-order chi connectivity index (χ1) is 11.9. The lowest BCUT2D eigenvalue weighted by atomic mass is 9.96. The van der Waals surface area contributed by atoms with Crippen molar-refractivity contribution in [3.05, 3.63) is 47.3 Å². The fourth-order valence-electron chi connectivity index (χ4n) is 3.51. The van der Waals surface area contributed by atoms with Crippen molar-refractivity contribution in [2.45, 2.75) is 33.2 Å². The average Bonchev–Trinajstić information content (AvgIpc) is 2.92. The summed E-state index contributed by atoms with van der Waals surface area (Å²) in [6.07, 6.45) is 2.08. The number of carbonyl (C=O) groups excluding carboxylic acids is 1. The van der Waals surface area contributed by atoms with Gasteiger partial charge in [0.25, 0.3) is 5.91 Å².